The van der Waals surface area contributed by atoms with E-state index in [0.29, 0.717) is 54.4 Å². The van der Waals surface area contributed by atoms with E-state index < -0.39 is 15.9 Å². The smallest absolute Gasteiger partial charge is 0.179 e. The number of nitrogens with zero attached hydrogens (tertiary/aromatic N) is 4. The number of sulfone groups is 1. The van der Waals surface area contributed by atoms with E-state index in [1.165, 1.54) is 18.6 Å². The molecule has 1 aliphatic rings. The predicted molar refractivity (Wildman–Crippen MR) is 138 cm³/mol. The van der Waals surface area contributed by atoms with Crippen molar-refractivity contribution >= 4 is 61.4 Å². The lowest BCUT2D eigenvalue weighted by atomic mass is 10.1. The lowest BCUT2D eigenvalue weighted by Gasteiger charge is -2.33. The number of nitrogens with one attached hydrogen (secondary N) is 1. The van der Waals surface area contributed by atoms with Crippen LogP contribution in [0.25, 0.3) is 22.2 Å². The highest BCUT2D eigenvalue weighted by Crippen LogP contribution is 2.39. The van der Waals surface area contributed by atoms with Gasteiger partial charge >= 0.3 is 0 Å². The monoisotopic (exact) mass is 551 g/mol. The minimum absolute atomic E-state index is 0.173. The molecule has 3 aromatic heterocycles. The van der Waals surface area contributed by atoms with E-state index in [1.807, 2.05) is 4.90 Å². The molecule has 12 heteroatoms. The molecule has 0 unspecified atom stereocenters. The van der Waals surface area contributed by atoms with Crippen LogP contribution in [0, 0.1) is 0 Å². The second-order valence-corrected chi connectivity index (χ2v) is 11.5. The average molecular weight is 553 g/mol. The predicted octanol–water partition coefficient (Wildman–Crippen LogP) is 5.73. The van der Waals surface area contributed by atoms with Gasteiger partial charge in [-0.1, -0.05) is 34.8 Å². The third kappa shape index (κ3) is 4.53. The number of ether oxygens (including phenoxy) is 1. The number of hydrogen-bond donors (Lipinski definition) is 1. The van der Waals surface area contributed by atoms with Crippen molar-refractivity contribution in [2.45, 2.75) is 24.3 Å². The molecule has 0 saturated carbocycles. The Hall–Kier alpha value is -2.59. The van der Waals surface area contributed by atoms with Crippen LogP contribution in [0.2, 0.25) is 15.1 Å². The van der Waals surface area contributed by atoms with Crippen molar-refractivity contribution in [2.24, 2.45) is 0 Å². The summed E-state index contributed by atoms with van der Waals surface area (Å²) in [5, 5.41) is 9.18. The third-order valence-corrected chi connectivity index (χ3v) is 7.87. The number of pyridine rings is 2. The minimum atomic E-state index is -3.51. The maximum atomic E-state index is 12.5. The molecule has 4 heterocycles. The van der Waals surface area contributed by atoms with Gasteiger partial charge in [-0.2, -0.15) is 5.10 Å². The van der Waals surface area contributed by atoms with Gasteiger partial charge in [-0.15, -0.1) is 0 Å². The number of hydrogen-bond acceptors (Lipinski definition) is 7. The molecule has 1 atom stereocenters. The van der Waals surface area contributed by atoms with Gasteiger partial charge in [0, 0.05) is 54.4 Å². The third-order valence-electron chi connectivity index (χ3n) is 5.88. The summed E-state index contributed by atoms with van der Waals surface area (Å²) in [4.78, 5) is 10.6. The normalized spacial score (nSPS) is 14.7. The Bertz CT molecular complexity index is 1530. The number of fused-ring (bicyclic) bond motifs is 1. The first kappa shape index (κ1) is 24.1. The standard InChI is InChI=1S/C23H20Cl3N5O3S/c1-12(21-16(25)10-27-11-17(21)26)34-19-7-14-18(8-15(19)24)29-30-22(14)13-6-20(35(2,32)33)23(28-9-13)31-4-3-5-31/h6-12H,3-5H2,1-2H3,(H,29,30)/t12-/m1/s1. The molecule has 35 heavy (non-hydrogen) atoms. The van der Waals surface area contributed by atoms with Gasteiger partial charge in [-0.25, -0.2) is 13.4 Å². The lowest BCUT2D eigenvalue weighted by Crippen LogP contribution is -2.38. The molecule has 1 saturated heterocycles. The van der Waals surface area contributed by atoms with Crippen molar-refractivity contribution in [2.75, 3.05) is 24.2 Å². The number of benzene rings is 1. The summed E-state index contributed by atoms with van der Waals surface area (Å²) in [5.41, 5.74) is 2.34. The molecule has 0 spiro atoms. The number of H-pyrrole nitrogens is 1. The van der Waals surface area contributed by atoms with E-state index in [9.17, 15) is 8.42 Å². The fraction of sp³-hybridized carbons (Fsp3) is 0.261. The molecule has 1 aromatic carbocycles. The Morgan fingerprint density at radius 1 is 1.06 bits per heavy atom. The first-order chi connectivity index (χ1) is 16.6. The zero-order chi connectivity index (χ0) is 24.9. The number of aromatic amines is 1. The molecule has 0 bridgehead atoms. The molecule has 1 N–H and O–H groups in total. The van der Waals surface area contributed by atoms with Crippen molar-refractivity contribution in [3.05, 3.63) is 57.4 Å². The maximum Gasteiger partial charge on any atom is 0.179 e. The van der Waals surface area contributed by atoms with Crippen LogP contribution in [0.15, 0.2) is 41.7 Å². The summed E-state index contributed by atoms with van der Waals surface area (Å²) in [7, 11) is -3.51. The fourth-order valence-corrected chi connectivity index (χ4v) is 5.73. The second-order valence-electron chi connectivity index (χ2n) is 8.34. The summed E-state index contributed by atoms with van der Waals surface area (Å²) >= 11 is 19.0. The molecular weight excluding hydrogens is 533 g/mol. The highest BCUT2D eigenvalue weighted by atomic mass is 35.5. The summed E-state index contributed by atoms with van der Waals surface area (Å²) in [6.07, 6.45) is 6.30. The van der Waals surface area contributed by atoms with Crippen LogP contribution >= 0.6 is 34.8 Å². The molecule has 0 aliphatic carbocycles. The Kier molecular flexibility index (Phi) is 6.29. The number of halogens is 3. The van der Waals surface area contributed by atoms with Crippen molar-refractivity contribution in [3.8, 4) is 17.0 Å². The van der Waals surface area contributed by atoms with E-state index in [4.69, 9.17) is 39.5 Å². The summed E-state index contributed by atoms with van der Waals surface area (Å²) < 4.78 is 31.2. The van der Waals surface area contributed by atoms with E-state index in [2.05, 4.69) is 20.2 Å². The maximum absolute atomic E-state index is 12.5. The van der Waals surface area contributed by atoms with E-state index in [0.717, 1.165) is 19.5 Å². The summed E-state index contributed by atoms with van der Waals surface area (Å²) in [6, 6.07) is 5.06. The van der Waals surface area contributed by atoms with E-state index in [1.54, 1.807) is 31.3 Å². The van der Waals surface area contributed by atoms with Crippen molar-refractivity contribution < 1.29 is 13.2 Å². The first-order valence-corrected chi connectivity index (χ1v) is 13.7. The van der Waals surface area contributed by atoms with Gasteiger partial charge in [0.2, 0.25) is 0 Å². The van der Waals surface area contributed by atoms with Crippen molar-refractivity contribution in [1.82, 2.24) is 20.2 Å². The Labute approximate surface area is 217 Å². The Morgan fingerprint density at radius 2 is 1.77 bits per heavy atom. The zero-order valence-electron chi connectivity index (χ0n) is 18.7. The summed E-state index contributed by atoms with van der Waals surface area (Å²) in [5.74, 6) is 0.862. The van der Waals surface area contributed by atoms with Crippen LogP contribution in [0.3, 0.4) is 0 Å². The quantitative estimate of drug-likeness (QED) is 0.326. The topological polar surface area (TPSA) is 101 Å². The lowest BCUT2D eigenvalue weighted by molar-refractivity contribution is 0.227. The van der Waals surface area contributed by atoms with E-state index in [-0.39, 0.29) is 4.90 Å². The molecule has 1 aliphatic heterocycles. The largest absolute Gasteiger partial charge is 0.484 e. The van der Waals surface area contributed by atoms with Gasteiger partial charge < -0.3 is 9.64 Å². The van der Waals surface area contributed by atoms with Gasteiger partial charge in [0.1, 0.15) is 28.3 Å². The summed E-state index contributed by atoms with van der Waals surface area (Å²) in [6.45, 7) is 3.37. The van der Waals surface area contributed by atoms with Gasteiger partial charge in [-0.3, -0.25) is 10.1 Å². The molecule has 1 fully saturated rings. The van der Waals surface area contributed by atoms with Crippen molar-refractivity contribution in [1.29, 1.82) is 0 Å². The number of aromatic nitrogens is 4. The zero-order valence-corrected chi connectivity index (χ0v) is 21.8. The second kappa shape index (κ2) is 9.13. The SMILES string of the molecule is C[C@@H](Oc1cc2c(-c3cnc(N4CCC4)c(S(C)(=O)=O)c3)n[nH]c2cc1Cl)c1c(Cl)cncc1Cl. The van der Waals surface area contributed by atoms with Crippen LogP contribution in [-0.2, 0) is 9.84 Å². The Morgan fingerprint density at radius 3 is 2.40 bits per heavy atom. The van der Waals surface area contributed by atoms with Crippen LogP contribution in [0.5, 0.6) is 5.75 Å². The highest BCUT2D eigenvalue weighted by Gasteiger charge is 2.26. The van der Waals surface area contributed by atoms with Crippen LogP contribution in [0.1, 0.15) is 25.0 Å². The van der Waals surface area contributed by atoms with Crippen LogP contribution in [0.4, 0.5) is 5.82 Å². The molecular formula is C23H20Cl3N5O3S. The molecule has 182 valence electrons. The number of rotatable bonds is 6. The van der Waals surface area contributed by atoms with Crippen molar-refractivity contribution in [3.63, 3.8) is 0 Å². The minimum Gasteiger partial charge on any atom is -0.484 e. The van der Waals surface area contributed by atoms with Gasteiger partial charge in [0.05, 0.1) is 20.6 Å². The van der Waals surface area contributed by atoms with Crippen LogP contribution in [-0.4, -0.2) is 47.9 Å². The highest BCUT2D eigenvalue weighted by molar-refractivity contribution is 7.90. The van der Waals surface area contributed by atoms with Gasteiger partial charge in [0.15, 0.2) is 9.84 Å². The molecule has 4 aromatic rings. The van der Waals surface area contributed by atoms with Crippen LogP contribution < -0.4 is 9.64 Å². The first-order valence-electron chi connectivity index (χ1n) is 10.7. The molecule has 8 nitrogen and oxygen atoms in total. The molecule has 5 rings (SSSR count). The molecule has 0 radical (unpaired) electrons. The van der Waals surface area contributed by atoms with E-state index >= 15 is 0 Å². The fourth-order valence-electron chi connectivity index (χ4n) is 3.99. The average Bonchev–Trinajstić information content (AvgIpc) is 3.14. The number of anilines is 1. The Balaban J connectivity index is 1.56. The molecule has 0 amide bonds. The van der Waals surface area contributed by atoms with Gasteiger partial charge in [-0.05, 0) is 31.5 Å². The van der Waals surface area contributed by atoms with Gasteiger partial charge in [0.25, 0.3) is 0 Å².